The van der Waals surface area contributed by atoms with Crippen LogP contribution in [0.5, 0.6) is 0 Å². The molecular weight excluding hydrogens is 498 g/mol. The maximum Gasteiger partial charge on any atom is 0.433 e. The zero-order valence-corrected chi connectivity index (χ0v) is 22.1. The van der Waals surface area contributed by atoms with Crippen LogP contribution in [-0.2, 0) is 4.79 Å². The first-order valence-corrected chi connectivity index (χ1v) is 13.4. The number of alkyl halides is 6. The number of hydrogen-bond donors (Lipinski definition) is 2. The molecule has 212 valence electrons. The molecule has 0 aromatic rings. The van der Waals surface area contributed by atoms with E-state index in [1.165, 1.54) is 11.1 Å². The number of carbonyl (C=O) groups is 1. The maximum atomic E-state index is 13.1. The molecule has 0 aromatic carbocycles. The second-order valence-electron chi connectivity index (χ2n) is 12.0. The lowest BCUT2D eigenvalue weighted by atomic mass is 9.60. The molecule has 2 N–H and O–H groups in total. The Morgan fingerprint density at radius 1 is 1.19 bits per heavy atom. The van der Waals surface area contributed by atoms with E-state index in [0.29, 0.717) is 17.8 Å². The SMILES string of the molecule is CC1=C[C@H](O)CC(C/C=C2\CCCC3(C)C2CCC3C(C)CCC(=O)C(O)(C(F)(F)F)C(F)(F)F)C1C. The smallest absolute Gasteiger partial charge is 0.389 e. The summed E-state index contributed by atoms with van der Waals surface area (Å²) < 4.78 is 78.4. The lowest BCUT2D eigenvalue weighted by Crippen LogP contribution is -2.62. The molecule has 6 unspecified atom stereocenters. The van der Waals surface area contributed by atoms with Gasteiger partial charge in [-0.1, -0.05) is 44.1 Å². The number of Topliss-reactive ketones (excluding diaryl/α,β-unsaturated/α-hetero) is 1. The molecule has 3 aliphatic rings. The summed E-state index contributed by atoms with van der Waals surface area (Å²) >= 11 is 0. The van der Waals surface area contributed by atoms with E-state index in [0.717, 1.165) is 44.9 Å². The predicted octanol–water partition coefficient (Wildman–Crippen LogP) is 7.32. The van der Waals surface area contributed by atoms with Gasteiger partial charge in [-0.25, -0.2) is 0 Å². The maximum absolute atomic E-state index is 13.1. The van der Waals surface area contributed by atoms with Crippen molar-refractivity contribution >= 4 is 5.78 Å². The lowest BCUT2D eigenvalue weighted by Gasteiger charge is -2.44. The monoisotopic (exact) mass is 538 g/mol. The summed E-state index contributed by atoms with van der Waals surface area (Å²) in [4.78, 5) is 12.1. The molecule has 0 aromatic heterocycles. The number of fused-ring (bicyclic) bond motifs is 1. The quantitative estimate of drug-likeness (QED) is 0.264. The van der Waals surface area contributed by atoms with E-state index in [-0.39, 0.29) is 23.7 Å². The minimum Gasteiger partial charge on any atom is -0.389 e. The van der Waals surface area contributed by atoms with Crippen LogP contribution in [0.1, 0.15) is 85.5 Å². The first-order valence-electron chi connectivity index (χ1n) is 13.4. The van der Waals surface area contributed by atoms with Gasteiger partial charge in [-0.15, -0.1) is 0 Å². The highest BCUT2D eigenvalue weighted by Crippen LogP contribution is 2.60. The summed E-state index contributed by atoms with van der Waals surface area (Å²) in [5.41, 5.74) is -2.90. The average Bonchev–Trinajstić information content (AvgIpc) is 3.14. The Hall–Kier alpha value is -1.35. The van der Waals surface area contributed by atoms with Crippen molar-refractivity contribution in [3.8, 4) is 0 Å². The average molecular weight is 539 g/mol. The molecule has 2 saturated carbocycles. The Labute approximate surface area is 215 Å². The first kappa shape index (κ1) is 30.2. The van der Waals surface area contributed by atoms with Crippen molar-refractivity contribution in [3.05, 3.63) is 23.3 Å². The molecule has 0 heterocycles. The minimum atomic E-state index is -6.13. The molecule has 3 rings (SSSR count). The van der Waals surface area contributed by atoms with Crippen molar-refractivity contribution < 1.29 is 41.4 Å². The summed E-state index contributed by atoms with van der Waals surface area (Å²) in [7, 11) is 0. The Bertz CT molecular complexity index is 891. The van der Waals surface area contributed by atoms with Gasteiger partial charge in [0.1, 0.15) is 0 Å². The minimum absolute atomic E-state index is 0.0690. The van der Waals surface area contributed by atoms with Crippen molar-refractivity contribution in [1.29, 1.82) is 0 Å². The van der Waals surface area contributed by atoms with Gasteiger partial charge in [0.25, 0.3) is 0 Å². The van der Waals surface area contributed by atoms with Crippen LogP contribution in [0.25, 0.3) is 0 Å². The number of aliphatic hydroxyl groups is 2. The van der Waals surface area contributed by atoms with E-state index in [9.17, 15) is 41.4 Å². The number of halogens is 6. The van der Waals surface area contributed by atoms with Gasteiger partial charge in [0.05, 0.1) is 6.10 Å². The van der Waals surface area contributed by atoms with Crippen molar-refractivity contribution in [2.24, 2.45) is 35.0 Å². The third kappa shape index (κ3) is 5.68. The van der Waals surface area contributed by atoms with Crippen molar-refractivity contribution in [3.63, 3.8) is 0 Å². The van der Waals surface area contributed by atoms with Crippen molar-refractivity contribution in [2.45, 2.75) is 110 Å². The van der Waals surface area contributed by atoms with E-state index in [1.807, 2.05) is 13.0 Å². The molecule has 0 amide bonds. The topological polar surface area (TPSA) is 57.5 Å². The van der Waals surface area contributed by atoms with Crippen LogP contribution in [0, 0.1) is 35.0 Å². The van der Waals surface area contributed by atoms with Crippen LogP contribution in [0.3, 0.4) is 0 Å². The molecule has 0 radical (unpaired) electrons. The summed E-state index contributed by atoms with van der Waals surface area (Å²) in [6.45, 7) is 8.19. The molecule has 0 saturated heterocycles. The number of allylic oxidation sites excluding steroid dienone is 3. The standard InChI is InChI=1S/C28H40F6O3/c1-16(7-12-24(36)26(37,27(29,30)31)28(32,33)34)22-10-11-23-19(6-5-13-25(22,23)4)8-9-20-15-21(35)14-17(2)18(20)3/h8,14,16,18,20-23,35,37H,5-7,9-13,15H2,1-4H3/b19-8+/t16?,18?,20?,21-,22?,23?,25?/m0/s1. The summed E-state index contributed by atoms with van der Waals surface area (Å²) in [6, 6.07) is 0. The Morgan fingerprint density at radius 3 is 2.41 bits per heavy atom. The number of aliphatic hydroxyl groups excluding tert-OH is 1. The normalized spacial score (nSPS) is 35.3. The van der Waals surface area contributed by atoms with Gasteiger partial charge in [0.15, 0.2) is 5.78 Å². The summed E-state index contributed by atoms with van der Waals surface area (Å²) in [5, 5.41) is 19.6. The molecule has 3 nitrogen and oxygen atoms in total. The van der Waals surface area contributed by atoms with Gasteiger partial charge >= 0.3 is 18.0 Å². The van der Waals surface area contributed by atoms with Gasteiger partial charge in [0.2, 0.25) is 0 Å². The molecule has 37 heavy (non-hydrogen) atoms. The van der Waals surface area contributed by atoms with Crippen LogP contribution in [0.4, 0.5) is 26.3 Å². The van der Waals surface area contributed by atoms with Gasteiger partial charge in [0, 0.05) is 6.42 Å². The third-order valence-electron chi connectivity index (χ3n) is 9.88. The Morgan fingerprint density at radius 2 is 1.81 bits per heavy atom. The predicted molar refractivity (Wildman–Crippen MR) is 128 cm³/mol. The molecule has 9 heteroatoms. The number of carbonyl (C=O) groups excluding carboxylic acids is 1. The zero-order chi connectivity index (χ0) is 28.0. The van der Waals surface area contributed by atoms with Gasteiger partial charge in [-0.3, -0.25) is 4.79 Å². The van der Waals surface area contributed by atoms with Crippen LogP contribution in [0.15, 0.2) is 23.3 Å². The fraction of sp³-hybridized carbons (Fsp3) is 0.821. The van der Waals surface area contributed by atoms with E-state index in [1.54, 1.807) is 6.92 Å². The largest absolute Gasteiger partial charge is 0.433 e. The van der Waals surface area contributed by atoms with Gasteiger partial charge in [-0.2, -0.15) is 26.3 Å². The fourth-order valence-electron chi connectivity index (χ4n) is 7.49. The molecule has 0 spiro atoms. The third-order valence-corrected chi connectivity index (χ3v) is 9.88. The van der Waals surface area contributed by atoms with Crippen molar-refractivity contribution in [1.82, 2.24) is 0 Å². The first-order chi connectivity index (χ1) is 16.9. The van der Waals surface area contributed by atoms with E-state index >= 15 is 0 Å². The highest BCUT2D eigenvalue weighted by atomic mass is 19.4. The lowest BCUT2D eigenvalue weighted by molar-refractivity contribution is -0.349. The van der Waals surface area contributed by atoms with E-state index in [4.69, 9.17) is 0 Å². The Balaban J connectivity index is 1.69. The summed E-state index contributed by atoms with van der Waals surface area (Å²) in [6.07, 6.45) is -3.40. The highest BCUT2D eigenvalue weighted by molar-refractivity contribution is 5.89. The second-order valence-corrected chi connectivity index (χ2v) is 12.0. The number of hydrogen-bond acceptors (Lipinski definition) is 3. The fourth-order valence-corrected chi connectivity index (χ4v) is 7.49. The van der Waals surface area contributed by atoms with Crippen molar-refractivity contribution in [2.75, 3.05) is 0 Å². The zero-order valence-electron chi connectivity index (χ0n) is 22.1. The number of ketones is 1. The van der Waals surface area contributed by atoms with Crippen LogP contribution in [-0.4, -0.2) is 40.1 Å². The van der Waals surface area contributed by atoms with E-state index in [2.05, 4.69) is 19.9 Å². The molecule has 7 atom stereocenters. The molecular formula is C28H40F6O3. The molecule has 0 bridgehead atoms. The van der Waals surface area contributed by atoms with Gasteiger partial charge in [-0.05, 0) is 93.3 Å². The molecule has 3 aliphatic carbocycles. The van der Waals surface area contributed by atoms with Gasteiger partial charge < -0.3 is 10.2 Å². The highest BCUT2D eigenvalue weighted by Gasteiger charge is 2.74. The molecule has 0 aliphatic heterocycles. The summed E-state index contributed by atoms with van der Waals surface area (Å²) in [5.74, 6) is -1.40. The second kappa shape index (κ2) is 10.7. The Kier molecular flexibility index (Phi) is 8.70. The molecule has 2 fully saturated rings. The van der Waals surface area contributed by atoms with E-state index < -0.39 is 36.3 Å². The number of rotatable bonds is 7. The van der Waals surface area contributed by atoms with Crippen LogP contribution < -0.4 is 0 Å². The van der Waals surface area contributed by atoms with Crippen LogP contribution in [0.2, 0.25) is 0 Å². The van der Waals surface area contributed by atoms with Crippen LogP contribution >= 0.6 is 0 Å².